The van der Waals surface area contributed by atoms with Gasteiger partial charge < -0.3 is 15.2 Å². The molecule has 0 fully saturated rings. The first-order chi connectivity index (χ1) is 8.20. The molecule has 0 aliphatic carbocycles. The molecule has 0 aliphatic rings. The van der Waals surface area contributed by atoms with Crippen LogP contribution in [0.1, 0.15) is 16.8 Å². The van der Waals surface area contributed by atoms with Gasteiger partial charge >= 0.3 is 0 Å². The number of hydrogen-bond donors (Lipinski definition) is 2. The van der Waals surface area contributed by atoms with Crippen LogP contribution in [-0.2, 0) is 4.74 Å². The van der Waals surface area contributed by atoms with E-state index >= 15 is 0 Å². The molecule has 0 bridgehead atoms. The Morgan fingerprint density at radius 2 is 2.12 bits per heavy atom. The summed E-state index contributed by atoms with van der Waals surface area (Å²) in [5.74, 6) is 0.475. The summed E-state index contributed by atoms with van der Waals surface area (Å²) in [5, 5.41) is 28.4. The molecular formula is C11H16N4O2. The summed E-state index contributed by atoms with van der Waals surface area (Å²) in [6.07, 6.45) is 0. The summed E-state index contributed by atoms with van der Waals surface area (Å²) >= 11 is 0. The van der Waals surface area contributed by atoms with E-state index in [2.05, 4.69) is 21.6 Å². The van der Waals surface area contributed by atoms with Crippen molar-refractivity contribution in [3.8, 4) is 6.07 Å². The minimum Gasteiger partial charge on any atom is -0.394 e. The summed E-state index contributed by atoms with van der Waals surface area (Å²) in [6, 6.07) is 2.11. The van der Waals surface area contributed by atoms with Crippen LogP contribution < -0.4 is 5.32 Å². The monoisotopic (exact) mass is 236 g/mol. The summed E-state index contributed by atoms with van der Waals surface area (Å²) in [4.78, 5) is 0. The fourth-order valence-corrected chi connectivity index (χ4v) is 1.28. The quantitative estimate of drug-likeness (QED) is 0.694. The molecule has 0 aliphatic heterocycles. The molecule has 2 N–H and O–H groups in total. The Bertz CT molecular complexity index is 415. The summed E-state index contributed by atoms with van der Waals surface area (Å²) in [6.45, 7) is 4.94. The minimum absolute atomic E-state index is 0.00684. The predicted molar refractivity (Wildman–Crippen MR) is 62.6 cm³/mol. The number of rotatable bonds is 6. The largest absolute Gasteiger partial charge is 0.394 e. The van der Waals surface area contributed by atoms with Crippen molar-refractivity contribution in [2.45, 2.75) is 13.8 Å². The van der Waals surface area contributed by atoms with E-state index in [9.17, 15) is 0 Å². The first-order valence-electron chi connectivity index (χ1n) is 5.37. The molecule has 1 aromatic heterocycles. The van der Waals surface area contributed by atoms with Gasteiger partial charge in [0.2, 0.25) is 0 Å². The zero-order valence-corrected chi connectivity index (χ0v) is 10.0. The Balaban J connectivity index is 2.60. The number of nitriles is 1. The Labute approximate surface area is 100 Å². The van der Waals surface area contributed by atoms with Gasteiger partial charge in [-0.25, -0.2) is 0 Å². The Morgan fingerprint density at radius 1 is 1.35 bits per heavy atom. The normalized spacial score (nSPS) is 10.0. The van der Waals surface area contributed by atoms with Crippen LogP contribution in [-0.4, -0.2) is 41.7 Å². The van der Waals surface area contributed by atoms with E-state index in [-0.39, 0.29) is 6.61 Å². The molecule has 0 radical (unpaired) electrons. The molecule has 0 saturated heterocycles. The maximum atomic E-state index is 9.04. The molecular weight excluding hydrogens is 220 g/mol. The second-order valence-corrected chi connectivity index (χ2v) is 3.51. The van der Waals surface area contributed by atoms with Crippen molar-refractivity contribution in [1.82, 2.24) is 10.2 Å². The lowest BCUT2D eigenvalue weighted by Gasteiger charge is -2.09. The predicted octanol–water partition coefficient (Wildman–Crippen LogP) is 0.386. The van der Waals surface area contributed by atoms with Gasteiger partial charge in [0.1, 0.15) is 11.6 Å². The van der Waals surface area contributed by atoms with Gasteiger partial charge in [0.15, 0.2) is 5.82 Å². The van der Waals surface area contributed by atoms with Crippen molar-refractivity contribution in [2.24, 2.45) is 0 Å². The molecule has 1 aromatic rings. The second kappa shape index (κ2) is 6.78. The molecule has 6 heteroatoms. The van der Waals surface area contributed by atoms with Gasteiger partial charge in [-0.15, -0.1) is 5.10 Å². The van der Waals surface area contributed by atoms with Crippen molar-refractivity contribution in [1.29, 1.82) is 5.26 Å². The van der Waals surface area contributed by atoms with Crippen molar-refractivity contribution < 1.29 is 9.84 Å². The lowest BCUT2D eigenvalue weighted by atomic mass is 10.1. The first-order valence-corrected chi connectivity index (χ1v) is 5.37. The Hall–Kier alpha value is -1.71. The molecule has 1 rings (SSSR count). The molecule has 1 heterocycles. The van der Waals surface area contributed by atoms with Crippen molar-refractivity contribution in [3.63, 3.8) is 0 Å². The van der Waals surface area contributed by atoms with Crippen LogP contribution in [0.5, 0.6) is 0 Å². The standard InChI is InChI=1S/C11H16N4O2/c1-8-9(2)14-15-11(10(8)7-12)13-3-5-17-6-4-16/h16H,3-6H2,1-2H3,(H,13,15). The van der Waals surface area contributed by atoms with Gasteiger partial charge in [-0.1, -0.05) is 0 Å². The summed E-state index contributed by atoms with van der Waals surface area (Å²) < 4.78 is 5.09. The molecule has 0 spiro atoms. The fourth-order valence-electron chi connectivity index (χ4n) is 1.28. The number of hydrogen-bond acceptors (Lipinski definition) is 6. The summed E-state index contributed by atoms with van der Waals surface area (Å²) in [5.41, 5.74) is 2.10. The van der Waals surface area contributed by atoms with Gasteiger partial charge in [0, 0.05) is 6.54 Å². The Kier molecular flexibility index (Phi) is 5.33. The van der Waals surface area contributed by atoms with E-state index in [0.717, 1.165) is 11.3 Å². The number of nitrogens with one attached hydrogen (secondary N) is 1. The second-order valence-electron chi connectivity index (χ2n) is 3.51. The van der Waals surface area contributed by atoms with Crippen LogP contribution >= 0.6 is 0 Å². The highest BCUT2D eigenvalue weighted by Crippen LogP contribution is 2.16. The van der Waals surface area contributed by atoms with E-state index in [1.54, 1.807) is 0 Å². The van der Waals surface area contributed by atoms with Crippen molar-refractivity contribution in [3.05, 3.63) is 16.8 Å². The van der Waals surface area contributed by atoms with Gasteiger partial charge in [-0.3, -0.25) is 0 Å². The lowest BCUT2D eigenvalue weighted by molar-refractivity contribution is 0.0992. The maximum absolute atomic E-state index is 9.04. The Morgan fingerprint density at radius 3 is 2.76 bits per heavy atom. The van der Waals surface area contributed by atoms with E-state index in [0.29, 0.717) is 31.1 Å². The molecule has 92 valence electrons. The number of nitrogens with zero attached hydrogens (tertiary/aromatic N) is 3. The lowest BCUT2D eigenvalue weighted by Crippen LogP contribution is -2.14. The molecule has 0 saturated carbocycles. The van der Waals surface area contributed by atoms with Crippen molar-refractivity contribution >= 4 is 5.82 Å². The van der Waals surface area contributed by atoms with Gasteiger partial charge in [-0.2, -0.15) is 10.4 Å². The molecule has 0 aromatic carbocycles. The highest BCUT2D eigenvalue weighted by Gasteiger charge is 2.09. The fraction of sp³-hybridized carbons (Fsp3) is 0.545. The average molecular weight is 236 g/mol. The molecule has 0 amide bonds. The number of aliphatic hydroxyl groups is 1. The highest BCUT2D eigenvalue weighted by molar-refractivity contribution is 5.55. The number of ether oxygens (including phenoxy) is 1. The minimum atomic E-state index is 0.00684. The third-order valence-corrected chi connectivity index (χ3v) is 2.34. The van der Waals surface area contributed by atoms with E-state index in [4.69, 9.17) is 15.1 Å². The van der Waals surface area contributed by atoms with Crippen LogP contribution in [0.15, 0.2) is 0 Å². The van der Waals surface area contributed by atoms with E-state index < -0.39 is 0 Å². The molecule has 6 nitrogen and oxygen atoms in total. The zero-order valence-electron chi connectivity index (χ0n) is 10.0. The van der Waals surface area contributed by atoms with Crippen LogP contribution in [0, 0.1) is 25.2 Å². The molecule has 0 atom stereocenters. The first kappa shape index (κ1) is 13.4. The van der Waals surface area contributed by atoms with Crippen LogP contribution in [0.2, 0.25) is 0 Å². The van der Waals surface area contributed by atoms with E-state index in [1.165, 1.54) is 0 Å². The highest BCUT2D eigenvalue weighted by atomic mass is 16.5. The van der Waals surface area contributed by atoms with E-state index in [1.807, 2.05) is 13.8 Å². The maximum Gasteiger partial charge on any atom is 0.167 e. The SMILES string of the molecule is Cc1nnc(NCCOCCO)c(C#N)c1C. The third kappa shape index (κ3) is 3.66. The van der Waals surface area contributed by atoms with Crippen molar-refractivity contribution in [2.75, 3.05) is 31.7 Å². The number of aryl methyl sites for hydroxylation is 1. The molecule has 0 unspecified atom stereocenters. The average Bonchev–Trinajstić information content (AvgIpc) is 2.33. The molecule has 17 heavy (non-hydrogen) atoms. The number of anilines is 1. The van der Waals surface area contributed by atoms with Crippen LogP contribution in [0.3, 0.4) is 0 Å². The van der Waals surface area contributed by atoms with Crippen LogP contribution in [0.4, 0.5) is 5.82 Å². The number of aliphatic hydroxyl groups excluding tert-OH is 1. The topological polar surface area (TPSA) is 91.1 Å². The third-order valence-electron chi connectivity index (χ3n) is 2.34. The smallest absolute Gasteiger partial charge is 0.167 e. The van der Waals surface area contributed by atoms with Crippen LogP contribution in [0.25, 0.3) is 0 Å². The van der Waals surface area contributed by atoms with Gasteiger partial charge in [-0.05, 0) is 19.4 Å². The number of aromatic nitrogens is 2. The van der Waals surface area contributed by atoms with Gasteiger partial charge in [0.05, 0.1) is 25.5 Å². The summed E-state index contributed by atoms with van der Waals surface area (Å²) in [7, 11) is 0. The zero-order chi connectivity index (χ0) is 12.7. The van der Waals surface area contributed by atoms with Gasteiger partial charge in [0.25, 0.3) is 0 Å².